The van der Waals surface area contributed by atoms with Crippen molar-refractivity contribution in [3.8, 4) is 5.75 Å². The lowest BCUT2D eigenvalue weighted by Crippen LogP contribution is -2.15. The lowest BCUT2D eigenvalue weighted by atomic mass is 10.2. The predicted octanol–water partition coefficient (Wildman–Crippen LogP) is 2.91. The molecule has 10 heteroatoms. The molecule has 160 valence electrons. The highest BCUT2D eigenvalue weighted by molar-refractivity contribution is 6.04. The Hall–Kier alpha value is -3.79. The standard InChI is InChI=1S/C21H20F2N6O2/c1-13-19(21(30)27-14-10-25-28(11-14)9-7-24)29-8-3-6-18(20(29)26-13)31-12-15-16(22)4-2-5-17(15)23/h2-6,8,10-11H,7,9,12,24H2,1H3,(H,27,30). The zero-order valence-electron chi connectivity index (χ0n) is 16.7. The van der Waals surface area contributed by atoms with Crippen molar-refractivity contribution >= 4 is 17.2 Å². The van der Waals surface area contributed by atoms with Crippen LogP contribution in [0.5, 0.6) is 5.75 Å². The van der Waals surface area contributed by atoms with Gasteiger partial charge in [-0.05, 0) is 31.2 Å². The molecule has 3 N–H and O–H groups in total. The minimum absolute atomic E-state index is 0.180. The van der Waals surface area contributed by atoms with Crippen molar-refractivity contribution in [3.05, 3.63) is 77.5 Å². The number of imidazole rings is 1. The summed E-state index contributed by atoms with van der Waals surface area (Å²) < 4.78 is 36.6. The van der Waals surface area contributed by atoms with Crippen LogP contribution in [0.1, 0.15) is 21.7 Å². The molecule has 0 aliphatic rings. The Labute approximate surface area is 176 Å². The fourth-order valence-corrected chi connectivity index (χ4v) is 3.24. The maximum absolute atomic E-state index is 13.9. The van der Waals surface area contributed by atoms with Crippen LogP contribution in [0.4, 0.5) is 14.5 Å². The third kappa shape index (κ3) is 4.10. The number of carbonyl (C=O) groups excluding carboxylic acids is 1. The smallest absolute Gasteiger partial charge is 0.274 e. The SMILES string of the molecule is Cc1nc2c(OCc3c(F)cccc3F)cccn2c1C(=O)Nc1cnn(CCN)c1. The van der Waals surface area contributed by atoms with Crippen LogP contribution in [0.3, 0.4) is 0 Å². The minimum atomic E-state index is -0.693. The number of rotatable bonds is 7. The van der Waals surface area contributed by atoms with Gasteiger partial charge in [0.15, 0.2) is 11.4 Å². The molecule has 4 rings (SSSR count). The van der Waals surface area contributed by atoms with Crippen molar-refractivity contribution in [2.24, 2.45) is 5.73 Å². The minimum Gasteiger partial charge on any atom is -0.485 e. The molecule has 0 atom stereocenters. The number of hydrogen-bond donors (Lipinski definition) is 2. The van der Waals surface area contributed by atoms with Crippen molar-refractivity contribution in [1.29, 1.82) is 0 Å². The molecule has 1 aromatic carbocycles. The van der Waals surface area contributed by atoms with Crippen molar-refractivity contribution < 1.29 is 18.3 Å². The average molecular weight is 426 g/mol. The van der Waals surface area contributed by atoms with Crippen molar-refractivity contribution in [1.82, 2.24) is 19.2 Å². The number of fused-ring (bicyclic) bond motifs is 1. The number of ether oxygens (including phenoxy) is 1. The lowest BCUT2D eigenvalue weighted by molar-refractivity contribution is 0.102. The molecule has 0 saturated carbocycles. The summed E-state index contributed by atoms with van der Waals surface area (Å²) in [6.45, 7) is 2.35. The number of carbonyl (C=O) groups is 1. The second kappa shape index (κ2) is 8.52. The van der Waals surface area contributed by atoms with Gasteiger partial charge in [0.05, 0.1) is 29.7 Å². The second-order valence-electron chi connectivity index (χ2n) is 6.84. The van der Waals surface area contributed by atoms with Crippen molar-refractivity contribution in [2.75, 3.05) is 11.9 Å². The number of nitrogens with two attached hydrogens (primary N) is 1. The summed E-state index contributed by atoms with van der Waals surface area (Å²) in [7, 11) is 0. The zero-order valence-corrected chi connectivity index (χ0v) is 16.7. The number of nitrogens with one attached hydrogen (secondary N) is 1. The number of hydrogen-bond acceptors (Lipinski definition) is 5. The number of amides is 1. The first-order valence-electron chi connectivity index (χ1n) is 9.55. The molecule has 4 aromatic rings. The number of halogens is 2. The Bertz CT molecular complexity index is 1230. The number of nitrogens with zero attached hydrogens (tertiary/aromatic N) is 4. The van der Waals surface area contributed by atoms with Crippen LogP contribution in [-0.2, 0) is 13.2 Å². The van der Waals surface area contributed by atoms with E-state index in [9.17, 15) is 13.6 Å². The molecule has 8 nitrogen and oxygen atoms in total. The van der Waals surface area contributed by atoms with Gasteiger partial charge in [0.25, 0.3) is 5.91 Å². The Morgan fingerprint density at radius 2 is 2.00 bits per heavy atom. The van der Waals surface area contributed by atoms with Crippen LogP contribution >= 0.6 is 0 Å². The molecule has 0 aliphatic carbocycles. The summed E-state index contributed by atoms with van der Waals surface area (Å²) in [5, 5.41) is 6.91. The van der Waals surface area contributed by atoms with Gasteiger partial charge >= 0.3 is 0 Å². The van der Waals surface area contributed by atoms with Crippen LogP contribution in [0.25, 0.3) is 5.65 Å². The van der Waals surface area contributed by atoms with E-state index in [1.54, 1.807) is 40.5 Å². The monoisotopic (exact) mass is 426 g/mol. The highest BCUT2D eigenvalue weighted by atomic mass is 19.1. The molecule has 3 heterocycles. The highest BCUT2D eigenvalue weighted by Gasteiger charge is 2.20. The largest absolute Gasteiger partial charge is 0.485 e. The summed E-state index contributed by atoms with van der Waals surface area (Å²) in [6.07, 6.45) is 4.88. The third-order valence-electron chi connectivity index (χ3n) is 4.69. The number of benzene rings is 1. The summed E-state index contributed by atoms with van der Waals surface area (Å²) in [5.74, 6) is -1.47. The summed E-state index contributed by atoms with van der Waals surface area (Å²) >= 11 is 0. The van der Waals surface area contributed by atoms with Crippen molar-refractivity contribution in [2.45, 2.75) is 20.1 Å². The van der Waals surface area contributed by atoms with E-state index in [0.29, 0.717) is 41.6 Å². The first-order chi connectivity index (χ1) is 15.0. The van der Waals surface area contributed by atoms with E-state index in [1.807, 2.05) is 0 Å². The van der Waals surface area contributed by atoms with E-state index in [-0.39, 0.29) is 18.1 Å². The van der Waals surface area contributed by atoms with E-state index in [4.69, 9.17) is 10.5 Å². The molecule has 1 amide bonds. The molecule has 0 unspecified atom stereocenters. The van der Waals surface area contributed by atoms with E-state index in [2.05, 4.69) is 15.4 Å². The molecule has 0 aliphatic heterocycles. The number of anilines is 1. The maximum atomic E-state index is 13.9. The lowest BCUT2D eigenvalue weighted by Gasteiger charge is -2.09. The zero-order chi connectivity index (χ0) is 22.0. The van der Waals surface area contributed by atoms with Gasteiger partial charge in [-0.1, -0.05) is 6.07 Å². The quantitative estimate of drug-likeness (QED) is 0.473. The van der Waals surface area contributed by atoms with Gasteiger partial charge in [-0.25, -0.2) is 13.8 Å². The van der Waals surface area contributed by atoms with Crippen LogP contribution < -0.4 is 15.8 Å². The van der Waals surface area contributed by atoms with E-state index in [0.717, 1.165) is 0 Å². The summed E-state index contributed by atoms with van der Waals surface area (Å²) in [5.41, 5.74) is 7.00. The first kappa shape index (κ1) is 20.5. The highest BCUT2D eigenvalue weighted by Crippen LogP contribution is 2.24. The molecular weight excluding hydrogens is 406 g/mol. The number of aromatic nitrogens is 4. The van der Waals surface area contributed by atoms with Gasteiger partial charge in [0, 0.05) is 18.9 Å². The molecule has 3 aromatic heterocycles. The number of pyridine rings is 1. The molecule has 0 bridgehead atoms. The van der Waals surface area contributed by atoms with Gasteiger partial charge in [-0.2, -0.15) is 5.10 Å². The molecule has 0 fully saturated rings. The molecule has 0 spiro atoms. The number of aryl methyl sites for hydroxylation is 1. The van der Waals surface area contributed by atoms with Crippen LogP contribution in [0.15, 0.2) is 48.9 Å². The van der Waals surface area contributed by atoms with Crippen LogP contribution in [-0.4, -0.2) is 31.6 Å². The van der Waals surface area contributed by atoms with Crippen molar-refractivity contribution in [3.63, 3.8) is 0 Å². The second-order valence-corrected chi connectivity index (χ2v) is 6.84. The fraction of sp³-hybridized carbons (Fsp3) is 0.190. The van der Waals surface area contributed by atoms with Gasteiger partial charge in [0.2, 0.25) is 0 Å². The fourth-order valence-electron chi connectivity index (χ4n) is 3.24. The Kier molecular flexibility index (Phi) is 5.63. The van der Waals surface area contributed by atoms with Gasteiger partial charge < -0.3 is 15.8 Å². The predicted molar refractivity (Wildman–Crippen MR) is 110 cm³/mol. The van der Waals surface area contributed by atoms with E-state index >= 15 is 0 Å². The third-order valence-corrected chi connectivity index (χ3v) is 4.69. The van der Waals surface area contributed by atoms with Crippen LogP contribution in [0, 0.1) is 18.6 Å². The normalized spacial score (nSPS) is 11.1. The average Bonchev–Trinajstić information content (AvgIpc) is 3.31. The Morgan fingerprint density at radius 3 is 2.74 bits per heavy atom. The van der Waals surface area contributed by atoms with Crippen LogP contribution in [0.2, 0.25) is 0 Å². The summed E-state index contributed by atoms with van der Waals surface area (Å²) in [4.78, 5) is 17.3. The van der Waals surface area contributed by atoms with E-state index < -0.39 is 11.6 Å². The summed E-state index contributed by atoms with van der Waals surface area (Å²) in [6, 6.07) is 6.91. The molecule has 0 saturated heterocycles. The maximum Gasteiger partial charge on any atom is 0.274 e. The Morgan fingerprint density at radius 1 is 1.23 bits per heavy atom. The molecular formula is C21H20F2N6O2. The molecule has 31 heavy (non-hydrogen) atoms. The van der Waals surface area contributed by atoms with Gasteiger partial charge in [-0.3, -0.25) is 13.9 Å². The topological polar surface area (TPSA) is 99.5 Å². The van der Waals surface area contributed by atoms with Gasteiger partial charge in [-0.15, -0.1) is 0 Å². The first-order valence-corrected chi connectivity index (χ1v) is 9.55. The Balaban J connectivity index is 1.59. The molecule has 0 radical (unpaired) electrons. The van der Waals surface area contributed by atoms with Gasteiger partial charge in [0.1, 0.15) is 23.9 Å². The van der Waals surface area contributed by atoms with E-state index in [1.165, 1.54) is 24.4 Å².